The Kier molecular flexibility index (Phi) is 4.92. The van der Waals surface area contributed by atoms with Crippen LogP contribution in [0.5, 0.6) is 0 Å². The fraction of sp³-hybridized carbons (Fsp3) is 0.167. The van der Waals surface area contributed by atoms with Gasteiger partial charge in [-0.25, -0.2) is 17.5 Å². The van der Waals surface area contributed by atoms with Crippen LogP contribution in [0.25, 0.3) is 0 Å². The molecule has 0 unspecified atom stereocenters. The molecule has 0 radical (unpaired) electrons. The Morgan fingerprint density at radius 2 is 2.15 bits per heavy atom. The van der Waals surface area contributed by atoms with Gasteiger partial charge in [0, 0.05) is 16.6 Å². The molecule has 2 rings (SSSR count). The monoisotopic (exact) mass is 379 g/mol. The first-order chi connectivity index (χ1) is 9.44. The zero-order valence-electron chi connectivity index (χ0n) is 10.1. The van der Waals surface area contributed by atoms with Crippen LogP contribution in [0.2, 0.25) is 0 Å². The topological polar surface area (TPSA) is 66.4 Å². The first-order valence-electron chi connectivity index (χ1n) is 5.53. The fourth-order valence-electron chi connectivity index (χ4n) is 1.58. The number of hydrogen-bond acceptors (Lipinski definition) is 4. The van der Waals surface area contributed by atoms with Gasteiger partial charge in [0.15, 0.2) is 0 Å². The van der Waals surface area contributed by atoms with Crippen LogP contribution < -0.4 is 4.72 Å². The Hall–Kier alpha value is -0.800. The predicted octanol–water partition coefficient (Wildman–Crippen LogP) is 2.62. The van der Waals surface area contributed by atoms with Crippen LogP contribution >= 0.6 is 27.3 Å². The van der Waals surface area contributed by atoms with Crippen LogP contribution in [0.1, 0.15) is 11.1 Å². The number of nitrogens with one attached hydrogen (secondary N) is 1. The average molecular weight is 380 g/mol. The van der Waals surface area contributed by atoms with Crippen molar-refractivity contribution in [2.75, 3.05) is 0 Å². The summed E-state index contributed by atoms with van der Waals surface area (Å²) in [4.78, 5) is -0.480. The molecule has 0 saturated heterocycles. The molecule has 0 saturated carbocycles. The highest BCUT2D eigenvalue weighted by atomic mass is 79.9. The summed E-state index contributed by atoms with van der Waals surface area (Å²) in [7, 11) is -3.98. The van der Waals surface area contributed by atoms with Gasteiger partial charge in [-0.3, -0.25) is 0 Å². The minimum atomic E-state index is -3.98. The van der Waals surface area contributed by atoms with E-state index in [0.29, 0.717) is 4.47 Å². The molecule has 1 aromatic carbocycles. The minimum absolute atomic E-state index is 0.0738. The van der Waals surface area contributed by atoms with E-state index in [-0.39, 0.29) is 12.1 Å². The number of aliphatic hydroxyl groups excluding tert-OH is 1. The first-order valence-corrected chi connectivity index (χ1v) is 8.75. The van der Waals surface area contributed by atoms with Gasteiger partial charge in [-0.15, -0.1) is 0 Å². The van der Waals surface area contributed by atoms with Gasteiger partial charge >= 0.3 is 0 Å². The van der Waals surface area contributed by atoms with Gasteiger partial charge in [-0.2, -0.15) is 11.3 Å². The largest absolute Gasteiger partial charge is 0.392 e. The molecule has 20 heavy (non-hydrogen) atoms. The van der Waals surface area contributed by atoms with Crippen molar-refractivity contribution >= 4 is 37.3 Å². The average Bonchev–Trinajstić information content (AvgIpc) is 2.92. The molecule has 0 aliphatic heterocycles. The van der Waals surface area contributed by atoms with E-state index in [4.69, 9.17) is 5.11 Å². The normalized spacial score (nSPS) is 11.8. The van der Waals surface area contributed by atoms with Crippen molar-refractivity contribution in [3.05, 3.63) is 50.4 Å². The summed E-state index contributed by atoms with van der Waals surface area (Å²) in [6.07, 6.45) is 0. The first kappa shape index (κ1) is 15.6. The standard InChI is InChI=1S/C12H11BrFNO3S2/c13-10-3-9(6-16)12(14)11(4-10)20(17,18)15-5-8-1-2-19-7-8/h1-4,7,15-16H,5-6H2. The van der Waals surface area contributed by atoms with E-state index in [9.17, 15) is 12.8 Å². The molecule has 1 aromatic heterocycles. The van der Waals surface area contributed by atoms with Gasteiger partial charge < -0.3 is 5.11 Å². The SMILES string of the molecule is O=S(=O)(NCc1ccsc1)c1cc(Br)cc(CO)c1F. The van der Waals surface area contributed by atoms with Gasteiger partial charge in [0.1, 0.15) is 10.7 Å². The van der Waals surface area contributed by atoms with Crippen LogP contribution in [-0.4, -0.2) is 13.5 Å². The van der Waals surface area contributed by atoms with E-state index in [0.717, 1.165) is 5.56 Å². The van der Waals surface area contributed by atoms with Crippen molar-refractivity contribution in [3.63, 3.8) is 0 Å². The maximum atomic E-state index is 14.0. The van der Waals surface area contributed by atoms with Gasteiger partial charge in [-0.1, -0.05) is 15.9 Å². The molecule has 2 aromatic rings. The van der Waals surface area contributed by atoms with Crippen molar-refractivity contribution in [3.8, 4) is 0 Å². The smallest absolute Gasteiger partial charge is 0.243 e. The van der Waals surface area contributed by atoms with E-state index >= 15 is 0 Å². The Bertz CT molecular complexity index is 702. The second kappa shape index (κ2) is 6.31. The predicted molar refractivity (Wildman–Crippen MR) is 78.4 cm³/mol. The number of rotatable bonds is 5. The van der Waals surface area contributed by atoms with Crippen LogP contribution in [0.3, 0.4) is 0 Å². The molecule has 2 N–H and O–H groups in total. The van der Waals surface area contributed by atoms with Gasteiger partial charge in [0.25, 0.3) is 0 Å². The molecular formula is C12H11BrFNO3S2. The van der Waals surface area contributed by atoms with Crippen molar-refractivity contribution in [1.82, 2.24) is 4.72 Å². The third kappa shape index (κ3) is 3.44. The maximum absolute atomic E-state index is 14.0. The Labute approximate surface area is 128 Å². The highest BCUT2D eigenvalue weighted by Gasteiger charge is 2.22. The van der Waals surface area contributed by atoms with Gasteiger partial charge in [0.05, 0.1) is 6.61 Å². The number of aliphatic hydroxyl groups is 1. The molecule has 8 heteroatoms. The summed E-state index contributed by atoms with van der Waals surface area (Å²) in [5, 5.41) is 12.7. The lowest BCUT2D eigenvalue weighted by Crippen LogP contribution is -2.24. The number of thiophene rings is 1. The Balaban J connectivity index is 2.31. The fourth-order valence-corrected chi connectivity index (χ4v) is 4.06. The molecule has 108 valence electrons. The van der Waals surface area contributed by atoms with E-state index in [1.165, 1.54) is 23.5 Å². The number of halogens is 2. The van der Waals surface area contributed by atoms with Crippen LogP contribution in [0.4, 0.5) is 4.39 Å². The summed E-state index contributed by atoms with van der Waals surface area (Å²) in [5.74, 6) is -0.937. The molecule has 0 bridgehead atoms. The molecule has 0 amide bonds. The van der Waals surface area contributed by atoms with Crippen molar-refractivity contribution in [2.45, 2.75) is 18.0 Å². The molecule has 0 fully saturated rings. The van der Waals surface area contributed by atoms with E-state index in [1.807, 2.05) is 5.38 Å². The van der Waals surface area contributed by atoms with Gasteiger partial charge in [-0.05, 0) is 34.5 Å². The van der Waals surface area contributed by atoms with Crippen LogP contribution in [-0.2, 0) is 23.2 Å². The lowest BCUT2D eigenvalue weighted by atomic mass is 10.2. The molecule has 0 atom stereocenters. The molecule has 0 aliphatic rings. The molecule has 0 spiro atoms. The zero-order chi connectivity index (χ0) is 14.8. The Morgan fingerprint density at radius 3 is 2.75 bits per heavy atom. The lowest BCUT2D eigenvalue weighted by Gasteiger charge is -2.10. The quantitative estimate of drug-likeness (QED) is 0.838. The number of sulfonamides is 1. The second-order valence-electron chi connectivity index (χ2n) is 3.99. The van der Waals surface area contributed by atoms with Crippen LogP contribution in [0.15, 0.2) is 38.3 Å². The highest BCUT2D eigenvalue weighted by Crippen LogP contribution is 2.24. The third-order valence-corrected chi connectivity index (χ3v) is 5.18. The maximum Gasteiger partial charge on any atom is 0.243 e. The Morgan fingerprint density at radius 1 is 1.40 bits per heavy atom. The summed E-state index contributed by atoms with van der Waals surface area (Å²) < 4.78 is 41.0. The van der Waals surface area contributed by atoms with E-state index in [2.05, 4.69) is 20.7 Å². The summed E-state index contributed by atoms with van der Waals surface area (Å²) in [6.45, 7) is -0.482. The van der Waals surface area contributed by atoms with E-state index in [1.54, 1.807) is 11.4 Å². The molecule has 4 nitrogen and oxygen atoms in total. The van der Waals surface area contributed by atoms with Gasteiger partial charge in [0.2, 0.25) is 10.0 Å². The molecular weight excluding hydrogens is 369 g/mol. The summed E-state index contributed by atoms with van der Waals surface area (Å²) >= 11 is 4.55. The number of benzene rings is 1. The third-order valence-electron chi connectivity index (χ3n) is 2.59. The lowest BCUT2D eigenvalue weighted by molar-refractivity contribution is 0.274. The van der Waals surface area contributed by atoms with Crippen molar-refractivity contribution in [2.24, 2.45) is 0 Å². The summed E-state index contributed by atoms with van der Waals surface area (Å²) in [6, 6.07) is 4.29. The summed E-state index contributed by atoms with van der Waals surface area (Å²) in [5.41, 5.74) is 0.728. The highest BCUT2D eigenvalue weighted by molar-refractivity contribution is 9.10. The molecule has 0 aliphatic carbocycles. The van der Waals surface area contributed by atoms with Crippen molar-refractivity contribution in [1.29, 1.82) is 0 Å². The minimum Gasteiger partial charge on any atom is -0.392 e. The van der Waals surface area contributed by atoms with Crippen LogP contribution in [0, 0.1) is 5.82 Å². The van der Waals surface area contributed by atoms with E-state index < -0.39 is 27.3 Å². The van der Waals surface area contributed by atoms with Crippen molar-refractivity contribution < 1.29 is 17.9 Å². The number of hydrogen-bond donors (Lipinski definition) is 2. The second-order valence-corrected chi connectivity index (χ2v) is 7.42. The molecule has 1 heterocycles. The zero-order valence-corrected chi connectivity index (χ0v) is 13.4.